The Kier molecular flexibility index (Phi) is 5.51. The van der Waals surface area contributed by atoms with Crippen LogP contribution in [0, 0.1) is 6.92 Å². The van der Waals surface area contributed by atoms with Crippen molar-refractivity contribution < 1.29 is 13.2 Å². The quantitative estimate of drug-likeness (QED) is 0.575. The van der Waals surface area contributed by atoms with Crippen LogP contribution in [0.1, 0.15) is 17.0 Å². The lowest BCUT2D eigenvalue weighted by Gasteiger charge is -2.15. The zero-order valence-electron chi connectivity index (χ0n) is 14.3. The van der Waals surface area contributed by atoms with Gasteiger partial charge < -0.3 is 10.6 Å². The van der Waals surface area contributed by atoms with Gasteiger partial charge in [0.2, 0.25) is 0 Å². The highest BCUT2D eigenvalue weighted by atomic mass is 35.5. The molecule has 4 nitrogen and oxygen atoms in total. The summed E-state index contributed by atoms with van der Waals surface area (Å²) in [6.07, 6.45) is -4.54. The van der Waals surface area contributed by atoms with Gasteiger partial charge in [0.15, 0.2) is 0 Å². The molecule has 0 atom stereocenters. The molecule has 2 aromatic carbocycles. The molecule has 0 amide bonds. The number of aryl methyl sites for hydroxylation is 1. The van der Waals surface area contributed by atoms with Crippen molar-refractivity contribution in [3.05, 3.63) is 76.6 Å². The van der Waals surface area contributed by atoms with Crippen molar-refractivity contribution in [2.24, 2.45) is 0 Å². The lowest BCUT2D eigenvalue weighted by Crippen LogP contribution is -2.10. The molecule has 0 aliphatic heterocycles. The van der Waals surface area contributed by atoms with Crippen LogP contribution < -0.4 is 10.6 Å². The van der Waals surface area contributed by atoms with Crippen LogP contribution in [0.4, 0.5) is 30.5 Å². The first-order chi connectivity index (χ1) is 12.8. The van der Waals surface area contributed by atoms with E-state index < -0.39 is 11.7 Å². The SMILES string of the molecule is Cc1nc(NCc2ccccc2)cc(Nc2ccc(Cl)cc2C(F)(F)F)n1. The molecule has 0 aliphatic rings. The summed E-state index contributed by atoms with van der Waals surface area (Å²) in [5.41, 5.74) is 0.0735. The van der Waals surface area contributed by atoms with Crippen molar-refractivity contribution in [1.82, 2.24) is 9.97 Å². The molecule has 0 saturated heterocycles. The molecule has 8 heteroatoms. The molecular formula is C19H16ClF3N4. The van der Waals surface area contributed by atoms with Crippen LogP contribution in [-0.2, 0) is 12.7 Å². The van der Waals surface area contributed by atoms with Crippen LogP contribution in [0.15, 0.2) is 54.6 Å². The summed E-state index contributed by atoms with van der Waals surface area (Å²) in [6, 6.07) is 14.8. The Morgan fingerprint density at radius 2 is 1.67 bits per heavy atom. The van der Waals surface area contributed by atoms with Gasteiger partial charge in [-0.2, -0.15) is 13.2 Å². The number of hydrogen-bond acceptors (Lipinski definition) is 4. The maximum Gasteiger partial charge on any atom is 0.418 e. The number of halogens is 4. The fourth-order valence-corrected chi connectivity index (χ4v) is 2.68. The van der Waals surface area contributed by atoms with Crippen LogP contribution >= 0.6 is 11.6 Å². The third kappa shape index (κ3) is 5.10. The van der Waals surface area contributed by atoms with E-state index in [4.69, 9.17) is 11.6 Å². The standard InChI is InChI=1S/C19H16ClF3N4/c1-12-25-17(24-11-13-5-3-2-4-6-13)10-18(26-12)27-16-8-7-14(20)9-15(16)19(21,22)23/h2-10H,11H2,1H3,(H2,24,25,26,27). The van der Waals surface area contributed by atoms with E-state index in [1.165, 1.54) is 12.1 Å². The number of nitrogens with zero attached hydrogens (tertiary/aromatic N) is 2. The summed E-state index contributed by atoms with van der Waals surface area (Å²) in [4.78, 5) is 8.44. The highest BCUT2D eigenvalue weighted by Crippen LogP contribution is 2.37. The van der Waals surface area contributed by atoms with Crippen molar-refractivity contribution in [3.8, 4) is 0 Å². The molecule has 0 spiro atoms. The number of aromatic nitrogens is 2. The minimum absolute atomic E-state index is 0.0111. The molecule has 0 fully saturated rings. The lowest BCUT2D eigenvalue weighted by molar-refractivity contribution is -0.136. The molecule has 140 valence electrons. The molecule has 3 rings (SSSR count). The third-order valence-corrected chi connectivity index (χ3v) is 3.94. The van der Waals surface area contributed by atoms with Gasteiger partial charge >= 0.3 is 6.18 Å². The zero-order chi connectivity index (χ0) is 19.4. The Balaban J connectivity index is 1.83. The average Bonchev–Trinajstić information content (AvgIpc) is 2.61. The van der Waals surface area contributed by atoms with Gasteiger partial charge in [-0.15, -0.1) is 0 Å². The Morgan fingerprint density at radius 3 is 2.37 bits per heavy atom. The fourth-order valence-electron chi connectivity index (χ4n) is 2.51. The first-order valence-electron chi connectivity index (χ1n) is 8.08. The van der Waals surface area contributed by atoms with Crippen molar-refractivity contribution in [1.29, 1.82) is 0 Å². The Labute approximate surface area is 159 Å². The van der Waals surface area contributed by atoms with Crippen LogP contribution in [0.2, 0.25) is 5.02 Å². The van der Waals surface area contributed by atoms with Gasteiger partial charge in [-0.05, 0) is 30.7 Å². The smallest absolute Gasteiger partial charge is 0.366 e. The summed E-state index contributed by atoms with van der Waals surface area (Å²) in [5.74, 6) is 1.19. The van der Waals surface area contributed by atoms with Gasteiger partial charge in [-0.25, -0.2) is 9.97 Å². The average molecular weight is 393 g/mol. The van der Waals surface area contributed by atoms with Gasteiger partial charge in [-0.3, -0.25) is 0 Å². The van der Waals surface area contributed by atoms with E-state index in [2.05, 4.69) is 20.6 Å². The highest BCUT2D eigenvalue weighted by Gasteiger charge is 2.34. The number of anilines is 3. The number of nitrogens with one attached hydrogen (secondary N) is 2. The monoisotopic (exact) mass is 392 g/mol. The van der Waals surface area contributed by atoms with Crippen molar-refractivity contribution >= 4 is 28.9 Å². The Morgan fingerprint density at radius 1 is 0.963 bits per heavy atom. The number of benzene rings is 2. The number of hydrogen-bond donors (Lipinski definition) is 2. The van der Waals surface area contributed by atoms with Crippen LogP contribution in [0.25, 0.3) is 0 Å². The van der Waals surface area contributed by atoms with Gasteiger partial charge in [0.1, 0.15) is 17.5 Å². The summed E-state index contributed by atoms with van der Waals surface area (Å²) in [6.45, 7) is 2.21. The number of rotatable bonds is 5. The molecule has 0 unspecified atom stereocenters. The number of alkyl halides is 3. The van der Waals surface area contributed by atoms with Crippen molar-refractivity contribution in [2.75, 3.05) is 10.6 Å². The molecule has 27 heavy (non-hydrogen) atoms. The van der Waals surface area contributed by atoms with E-state index in [-0.39, 0.29) is 16.5 Å². The predicted molar refractivity (Wildman–Crippen MR) is 100 cm³/mol. The first kappa shape index (κ1) is 19.0. The highest BCUT2D eigenvalue weighted by molar-refractivity contribution is 6.30. The maximum atomic E-state index is 13.3. The summed E-state index contributed by atoms with van der Waals surface area (Å²) >= 11 is 5.71. The molecule has 0 radical (unpaired) electrons. The minimum atomic E-state index is -4.54. The van der Waals surface area contributed by atoms with Crippen LogP contribution in [0.5, 0.6) is 0 Å². The van der Waals surface area contributed by atoms with E-state index in [1.807, 2.05) is 30.3 Å². The van der Waals surface area contributed by atoms with E-state index in [0.717, 1.165) is 11.6 Å². The van der Waals surface area contributed by atoms with E-state index in [0.29, 0.717) is 18.2 Å². The van der Waals surface area contributed by atoms with Gasteiger partial charge in [0.25, 0.3) is 0 Å². The molecule has 1 aromatic heterocycles. The normalized spacial score (nSPS) is 11.3. The molecule has 1 heterocycles. The lowest BCUT2D eigenvalue weighted by atomic mass is 10.1. The fraction of sp³-hybridized carbons (Fsp3) is 0.158. The Hall–Kier alpha value is -2.80. The first-order valence-corrected chi connectivity index (χ1v) is 8.46. The van der Waals surface area contributed by atoms with Crippen LogP contribution in [-0.4, -0.2) is 9.97 Å². The molecule has 3 aromatic rings. The molecule has 0 aliphatic carbocycles. The largest absolute Gasteiger partial charge is 0.418 e. The van der Waals surface area contributed by atoms with Gasteiger partial charge in [0.05, 0.1) is 11.3 Å². The van der Waals surface area contributed by atoms with Crippen molar-refractivity contribution in [2.45, 2.75) is 19.6 Å². The summed E-state index contributed by atoms with van der Waals surface area (Å²) in [5, 5.41) is 5.87. The molecule has 2 N–H and O–H groups in total. The third-order valence-electron chi connectivity index (χ3n) is 3.70. The van der Waals surface area contributed by atoms with Gasteiger partial charge in [-0.1, -0.05) is 41.9 Å². The van der Waals surface area contributed by atoms with E-state index in [9.17, 15) is 13.2 Å². The Bertz CT molecular complexity index is 930. The van der Waals surface area contributed by atoms with Gasteiger partial charge in [0, 0.05) is 17.6 Å². The maximum absolute atomic E-state index is 13.3. The zero-order valence-corrected chi connectivity index (χ0v) is 15.1. The molecule has 0 bridgehead atoms. The predicted octanol–water partition coefficient (Wildman–Crippen LogP) is 5.81. The summed E-state index contributed by atoms with van der Waals surface area (Å²) < 4.78 is 39.8. The van der Waals surface area contributed by atoms with Crippen LogP contribution in [0.3, 0.4) is 0 Å². The summed E-state index contributed by atoms with van der Waals surface area (Å²) in [7, 11) is 0. The second-order valence-electron chi connectivity index (χ2n) is 5.84. The van der Waals surface area contributed by atoms with E-state index in [1.54, 1.807) is 13.0 Å². The molecular weight excluding hydrogens is 377 g/mol. The topological polar surface area (TPSA) is 49.8 Å². The van der Waals surface area contributed by atoms with Crippen molar-refractivity contribution in [3.63, 3.8) is 0 Å². The second-order valence-corrected chi connectivity index (χ2v) is 6.27. The molecule has 0 saturated carbocycles. The second kappa shape index (κ2) is 7.84. The minimum Gasteiger partial charge on any atom is -0.366 e. The van der Waals surface area contributed by atoms with E-state index >= 15 is 0 Å².